The van der Waals surface area contributed by atoms with Gasteiger partial charge in [-0.15, -0.1) is 0 Å². The van der Waals surface area contributed by atoms with Crippen LogP contribution >= 0.6 is 11.6 Å². The van der Waals surface area contributed by atoms with E-state index in [1.165, 1.54) is 6.20 Å². The van der Waals surface area contributed by atoms with Crippen LogP contribution < -0.4 is 5.62 Å². The van der Waals surface area contributed by atoms with Crippen molar-refractivity contribution in [1.29, 1.82) is 5.41 Å². The maximum absolute atomic E-state index is 11.3. The van der Waals surface area contributed by atoms with E-state index in [0.29, 0.717) is 16.3 Å². The SMILES string of the molecule is Cn1c(=N)n(-c2cncc(C=O)c2)c2c3cc(-c4ccc(Cl)cc4)ccc3ncc21. The number of benzene rings is 2. The Balaban J connectivity index is 1.87. The fraction of sp³-hybridized carbons (Fsp3) is 0.0435. The second kappa shape index (κ2) is 6.93. The molecule has 0 spiro atoms. The molecule has 0 aliphatic carbocycles. The van der Waals surface area contributed by atoms with Gasteiger partial charge in [-0.1, -0.05) is 29.8 Å². The van der Waals surface area contributed by atoms with Gasteiger partial charge in [-0.25, -0.2) is 0 Å². The molecule has 0 saturated carbocycles. The molecule has 30 heavy (non-hydrogen) atoms. The Labute approximate surface area is 176 Å². The summed E-state index contributed by atoms with van der Waals surface area (Å²) < 4.78 is 3.56. The van der Waals surface area contributed by atoms with Crippen LogP contribution in [0.3, 0.4) is 0 Å². The Bertz CT molecular complexity index is 1500. The quantitative estimate of drug-likeness (QED) is 0.441. The van der Waals surface area contributed by atoms with E-state index >= 15 is 0 Å². The first kappa shape index (κ1) is 18.3. The van der Waals surface area contributed by atoms with Crippen LogP contribution in [0, 0.1) is 5.41 Å². The third kappa shape index (κ3) is 2.81. The lowest BCUT2D eigenvalue weighted by atomic mass is 10.0. The zero-order valence-corrected chi connectivity index (χ0v) is 16.8. The number of fused-ring (bicyclic) bond motifs is 3. The normalized spacial score (nSPS) is 11.3. The number of nitrogens with one attached hydrogen (secondary N) is 1. The average molecular weight is 414 g/mol. The maximum Gasteiger partial charge on any atom is 0.207 e. The monoisotopic (exact) mass is 413 g/mol. The number of aryl methyl sites for hydroxylation is 1. The minimum Gasteiger partial charge on any atom is -0.312 e. The molecule has 0 radical (unpaired) electrons. The van der Waals surface area contributed by atoms with Crippen molar-refractivity contribution in [1.82, 2.24) is 19.1 Å². The van der Waals surface area contributed by atoms with Crippen LogP contribution in [0.2, 0.25) is 5.02 Å². The lowest BCUT2D eigenvalue weighted by molar-refractivity contribution is 0.112. The van der Waals surface area contributed by atoms with E-state index in [4.69, 9.17) is 17.0 Å². The Morgan fingerprint density at radius 2 is 1.77 bits per heavy atom. The van der Waals surface area contributed by atoms with E-state index in [-0.39, 0.29) is 5.62 Å². The van der Waals surface area contributed by atoms with E-state index < -0.39 is 0 Å². The van der Waals surface area contributed by atoms with Gasteiger partial charge in [-0.3, -0.25) is 24.7 Å². The van der Waals surface area contributed by atoms with E-state index in [1.54, 1.807) is 27.6 Å². The summed E-state index contributed by atoms with van der Waals surface area (Å²) in [5.74, 6) is 0. The topological polar surface area (TPSA) is 76.6 Å². The van der Waals surface area contributed by atoms with Gasteiger partial charge in [0.2, 0.25) is 5.62 Å². The summed E-state index contributed by atoms with van der Waals surface area (Å²) >= 11 is 6.04. The zero-order valence-electron chi connectivity index (χ0n) is 16.0. The largest absolute Gasteiger partial charge is 0.312 e. The van der Waals surface area contributed by atoms with Gasteiger partial charge in [0.1, 0.15) is 0 Å². The molecule has 0 aliphatic rings. The van der Waals surface area contributed by atoms with Crippen LogP contribution in [0.25, 0.3) is 38.8 Å². The fourth-order valence-electron chi connectivity index (χ4n) is 3.72. The highest BCUT2D eigenvalue weighted by molar-refractivity contribution is 6.30. The molecule has 7 heteroatoms. The third-order valence-electron chi connectivity index (χ3n) is 5.25. The molecule has 3 heterocycles. The Kier molecular flexibility index (Phi) is 4.22. The van der Waals surface area contributed by atoms with Crippen LogP contribution in [0.4, 0.5) is 0 Å². The van der Waals surface area contributed by atoms with Crippen molar-refractivity contribution in [3.8, 4) is 16.8 Å². The number of carbonyl (C=O) groups excluding carboxylic acids is 1. The van der Waals surface area contributed by atoms with Crippen LogP contribution in [0.15, 0.2) is 67.1 Å². The molecule has 0 aliphatic heterocycles. The molecule has 5 aromatic rings. The first-order valence-corrected chi connectivity index (χ1v) is 9.66. The number of nitrogens with zero attached hydrogens (tertiary/aromatic N) is 4. The van der Waals surface area contributed by atoms with Crippen molar-refractivity contribution in [2.75, 3.05) is 0 Å². The molecule has 0 bridgehead atoms. The number of aldehydes is 1. The predicted molar refractivity (Wildman–Crippen MR) is 117 cm³/mol. The van der Waals surface area contributed by atoms with Gasteiger partial charge in [0, 0.05) is 29.2 Å². The second-order valence-corrected chi connectivity index (χ2v) is 7.48. The fourth-order valence-corrected chi connectivity index (χ4v) is 3.85. The van der Waals surface area contributed by atoms with E-state index in [0.717, 1.165) is 39.3 Å². The Morgan fingerprint density at radius 3 is 2.53 bits per heavy atom. The predicted octanol–water partition coefficient (Wildman–Crippen LogP) is 4.52. The van der Waals surface area contributed by atoms with Gasteiger partial charge in [0.15, 0.2) is 6.29 Å². The first-order valence-electron chi connectivity index (χ1n) is 9.28. The minimum absolute atomic E-state index is 0.265. The van der Waals surface area contributed by atoms with Crippen molar-refractivity contribution >= 4 is 39.8 Å². The number of pyridine rings is 2. The molecule has 6 nitrogen and oxygen atoms in total. The molecule has 0 atom stereocenters. The molecule has 2 aromatic carbocycles. The number of hydrogen-bond acceptors (Lipinski definition) is 4. The minimum atomic E-state index is 0.265. The van der Waals surface area contributed by atoms with Crippen molar-refractivity contribution in [2.24, 2.45) is 7.05 Å². The van der Waals surface area contributed by atoms with Crippen molar-refractivity contribution in [2.45, 2.75) is 0 Å². The van der Waals surface area contributed by atoms with Crippen molar-refractivity contribution in [3.63, 3.8) is 0 Å². The molecule has 3 aromatic heterocycles. The summed E-state index contributed by atoms with van der Waals surface area (Å²) in [6, 6.07) is 15.5. The van der Waals surface area contributed by atoms with E-state index in [2.05, 4.69) is 16.0 Å². The maximum atomic E-state index is 11.3. The van der Waals surface area contributed by atoms with Crippen LogP contribution in [0.5, 0.6) is 0 Å². The molecule has 0 unspecified atom stereocenters. The lowest BCUT2D eigenvalue weighted by Gasteiger charge is -2.09. The summed E-state index contributed by atoms with van der Waals surface area (Å²) in [4.78, 5) is 20.0. The van der Waals surface area contributed by atoms with E-state index in [1.807, 2.05) is 43.4 Å². The molecule has 0 saturated heterocycles. The highest BCUT2D eigenvalue weighted by Crippen LogP contribution is 2.30. The standard InChI is InChI=1S/C23H16ClN5O/c1-28-21-12-27-20-7-4-16(15-2-5-17(24)6-3-15)9-19(20)22(21)29(23(28)25)18-8-14(13-30)10-26-11-18/h2-13,25H,1H3. The summed E-state index contributed by atoms with van der Waals surface area (Å²) in [6.07, 6.45) is 5.68. The van der Waals surface area contributed by atoms with Gasteiger partial charge in [-0.05, 0) is 41.5 Å². The molecular formula is C23H16ClN5O. The van der Waals surface area contributed by atoms with Crippen molar-refractivity contribution < 1.29 is 4.79 Å². The molecular weight excluding hydrogens is 398 g/mol. The smallest absolute Gasteiger partial charge is 0.207 e. The number of imidazole rings is 1. The molecule has 0 fully saturated rings. The number of rotatable bonds is 3. The third-order valence-corrected chi connectivity index (χ3v) is 5.50. The number of aromatic nitrogens is 4. The molecule has 146 valence electrons. The summed E-state index contributed by atoms with van der Waals surface area (Å²) in [5.41, 5.74) is 5.91. The lowest BCUT2D eigenvalue weighted by Crippen LogP contribution is -2.21. The summed E-state index contributed by atoms with van der Waals surface area (Å²) in [7, 11) is 1.83. The van der Waals surface area contributed by atoms with Gasteiger partial charge < -0.3 is 4.57 Å². The number of hydrogen-bond donors (Lipinski definition) is 1. The van der Waals surface area contributed by atoms with Gasteiger partial charge in [-0.2, -0.15) is 0 Å². The Hall–Kier alpha value is -3.77. The van der Waals surface area contributed by atoms with Crippen LogP contribution in [0.1, 0.15) is 10.4 Å². The number of halogens is 1. The number of carbonyl (C=O) groups is 1. The van der Waals surface area contributed by atoms with Gasteiger partial charge >= 0.3 is 0 Å². The summed E-state index contributed by atoms with van der Waals surface area (Å²) in [5, 5.41) is 10.3. The highest BCUT2D eigenvalue weighted by atomic mass is 35.5. The highest BCUT2D eigenvalue weighted by Gasteiger charge is 2.15. The van der Waals surface area contributed by atoms with Gasteiger partial charge in [0.25, 0.3) is 0 Å². The van der Waals surface area contributed by atoms with Crippen molar-refractivity contribution in [3.05, 3.63) is 83.3 Å². The average Bonchev–Trinajstić information content (AvgIpc) is 3.04. The molecule has 1 N–H and O–H groups in total. The van der Waals surface area contributed by atoms with E-state index in [9.17, 15) is 4.79 Å². The second-order valence-electron chi connectivity index (χ2n) is 7.04. The van der Waals surface area contributed by atoms with Gasteiger partial charge in [0.05, 0.1) is 34.6 Å². The summed E-state index contributed by atoms with van der Waals surface area (Å²) in [6.45, 7) is 0. The van der Waals surface area contributed by atoms with Crippen LogP contribution in [-0.4, -0.2) is 25.4 Å². The Morgan fingerprint density at radius 1 is 1.00 bits per heavy atom. The van der Waals surface area contributed by atoms with Crippen LogP contribution in [-0.2, 0) is 7.05 Å². The molecule has 0 amide bonds. The zero-order chi connectivity index (χ0) is 20.8. The first-order chi connectivity index (χ1) is 14.6. The molecule has 5 rings (SSSR count).